The van der Waals surface area contributed by atoms with Crippen LogP contribution in [0.2, 0.25) is 5.15 Å². The third kappa shape index (κ3) is 2.80. The molecule has 1 saturated heterocycles. The zero-order valence-electron chi connectivity index (χ0n) is 10.7. The van der Waals surface area contributed by atoms with Gasteiger partial charge in [-0.2, -0.15) is 16.9 Å². The van der Waals surface area contributed by atoms with Crippen LogP contribution in [-0.4, -0.2) is 33.9 Å². The van der Waals surface area contributed by atoms with Crippen LogP contribution in [-0.2, 0) is 13.5 Å². The van der Waals surface area contributed by atoms with Gasteiger partial charge in [0.2, 0.25) is 0 Å². The zero-order valence-corrected chi connectivity index (χ0v) is 12.2. The van der Waals surface area contributed by atoms with Crippen LogP contribution in [0.15, 0.2) is 0 Å². The van der Waals surface area contributed by atoms with Gasteiger partial charge < -0.3 is 5.32 Å². The molecule has 0 aliphatic carbocycles. The first-order valence-electron chi connectivity index (χ1n) is 6.10. The van der Waals surface area contributed by atoms with Crippen LogP contribution in [0.3, 0.4) is 0 Å². The Hall–Kier alpha value is -0.190. The van der Waals surface area contributed by atoms with Crippen LogP contribution >= 0.6 is 23.4 Å². The molecule has 2 heterocycles. The number of thioether (sulfide) groups is 1. The van der Waals surface area contributed by atoms with E-state index in [4.69, 9.17) is 11.6 Å². The summed E-state index contributed by atoms with van der Waals surface area (Å²) in [5.74, 6) is 1.29. The highest BCUT2D eigenvalue weighted by molar-refractivity contribution is 8.00. The molecule has 96 valence electrons. The molecule has 2 atom stereocenters. The molecule has 0 amide bonds. The van der Waals surface area contributed by atoms with Crippen LogP contribution in [0.1, 0.15) is 24.1 Å². The fourth-order valence-corrected chi connectivity index (χ4v) is 4.15. The van der Waals surface area contributed by atoms with Gasteiger partial charge in [0.25, 0.3) is 0 Å². The van der Waals surface area contributed by atoms with Gasteiger partial charge in [-0.3, -0.25) is 4.68 Å². The van der Waals surface area contributed by atoms with E-state index in [1.807, 2.05) is 21.0 Å². The number of likely N-dealkylation sites (N-methyl/N-ethyl adjacent to an activating group) is 1. The van der Waals surface area contributed by atoms with Crippen molar-refractivity contribution in [2.45, 2.75) is 37.5 Å². The lowest BCUT2D eigenvalue weighted by atomic mass is 10.0. The summed E-state index contributed by atoms with van der Waals surface area (Å²) < 4.78 is 1.76. The Balaban J connectivity index is 2.12. The first-order chi connectivity index (χ1) is 8.13. The lowest BCUT2D eigenvalue weighted by Crippen LogP contribution is -2.36. The molecule has 1 fully saturated rings. The third-order valence-corrected chi connectivity index (χ3v) is 5.47. The molecule has 1 aromatic rings. The standard InChI is InChI=1S/C12H20ClN3S/c1-8-9(12(13)16(3)15-8)7-10(14-2)11-5-4-6-17-11/h10-11,14H,4-7H2,1-3H3. The molecule has 0 spiro atoms. The van der Waals surface area contributed by atoms with Crippen LogP contribution in [0, 0.1) is 6.92 Å². The summed E-state index contributed by atoms with van der Waals surface area (Å²) in [5, 5.41) is 9.32. The average molecular weight is 274 g/mol. The number of aryl methyl sites for hydroxylation is 2. The van der Waals surface area contributed by atoms with Gasteiger partial charge in [-0.25, -0.2) is 0 Å². The van der Waals surface area contributed by atoms with E-state index in [1.165, 1.54) is 24.2 Å². The molecular weight excluding hydrogens is 254 g/mol. The predicted octanol–water partition coefficient (Wildman–Crippen LogP) is 2.41. The highest BCUT2D eigenvalue weighted by atomic mass is 35.5. The van der Waals surface area contributed by atoms with Gasteiger partial charge in [0.1, 0.15) is 5.15 Å². The van der Waals surface area contributed by atoms with Gasteiger partial charge in [-0.1, -0.05) is 11.6 Å². The largest absolute Gasteiger partial charge is 0.316 e. The molecule has 0 radical (unpaired) electrons. The van der Waals surface area contributed by atoms with E-state index in [1.54, 1.807) is 4.68 Å². The van der Waals surface area contributed by atoms with Crippen LogP contribution in [0.5, 0.6) is 0 Å². The summed E-state index contributed by atoms with van der Waals surface area (Å²) >= 11 is 8.37. The summed E-state index contributed by atoms with van der Waals surface area (Å²) in [6.45, 7) is 2.04. The molecule has 0 bridgehead atoms. The predicted molar refractivity (Wildman–Crippen MR) is 75.0 cm³/mol. The van der Waals surface area contributed by atoms with E-state index in [0.717, 1.165) is 22.5 Å². The Morgan fingerprint density at radius 2 is 2.41 bits per heavy atom. The zero-order chi connectivity index (χ0) is 12.4. The molecule has 0 aromatic carbocycles. The van der Waals surface area contributed by atoms with Gasteiger partial charge in [0.05, 0.1) is 5.69 Å². The van der Waals surface area contributed by atoms with Gasteiger partial charge in [-0.05, 0) is 39.0 Å². The molecule has 5 heteroatoms. The highest BCUT2D eigenvalue weighted by Crippen LogP contribution is 2.31. The second-order valence-electron chi connectivity index (χ2n) is 4.63. The SMILES string of the molecule is CNC(Cc1c(C)nn(C)c1Cl)C1CCCS1. The van der Waals surface area contributed by atoms with Crippen molar-refractivity contribution in [1.29, 1.82) is 0 Å². The van der Waals surface area contributed by atoms with Crippen LogP contribution < -0.4 is 5.32 Å². The lowest BCUT2D eigenvalue weighted by Gasteiger charge is -2.22. The first-order valence-corrected chi connectivity index (χ1v) is 7.53. The summed E-state index contributed by atoms with van der Waals surface area (Å²) in [7, 11) is 3.95. The maximum Gasteiger partial charge on any atom is 0.130 e. The van der Waals surface area contributed by atoms with Gasteiger partial charge in [0, 0.05) is 23.9 Å². The third-order valence-electron chi connectivity index (χ3n) is 3.48. The number of nitrogens with zero attached hydrogens (tertiary/aromatic N) is 2. The molecular formula is C12H20ClN3S. The van der Waals surface area contributed by atoms with E-state index < -0.39 is 0 Å². The Labute approximate surface area is 112 Å². The Morgan fingerprint density at radius 1 is 1.65 bits per heavy atom. The topological polar surface area (TPSA) is 29.9 Å². The molecule has 2 rings (SSSR count). The van der Waals surface area contributed by atoms with Crippen molar-refractivity contribution >= 4 is 23.4 Å². The number of rotatable bonds is 4. The number of halogens is 1. The van der Waals surface area contributed by atoms with Crippen molar-refractivity contribution in [1.82, 2.24) is 15.1 Å². The molecule has 1 aliphatic heterocycles. The van der Waals surface area contributed by atoms with Crippen molar-refractivity contribution in [3.05, 3.63) is 16.4 Å². The Kier molecular flexibility index (Phi) is 4.39. The molecule has 0 saturated carbocycles. The summed E-state index contributed by atoms with van der Waals surface area (Å²) in [4.78, 5) is 0. The van der Waals surface area contributed by atoms with Crippen molar-refractivity contribution in [2.75, 3.05) is 12.8 Å². The van der Waals surface area contributed by atoms with Gasteiger partial charge >= 0.3 is 0 Å². The molecule has 2 unspecified atom stereocenters. The van der Waals surface area contributed by atoms with E-state index in [0.29, 0.717) is 6.04 Å². The summed E-state index contributed by atoms with van der Waals surface area (Å²) in [5.41, 5.74) is 2.25. The van der Waals surface area contributed by atoms with E-state index in [-0.39, 0.29) is 0 Å². The van der Waals surface area contributed by atoms with E-state index in [2.05, 4.69) is 22.2 Å². The second-order valence-corrected chi connectivity index (χ2v) is 6.33. The van der Waals surface area contributed by atoms with Crippen molar-refractivity contribution in [3.63, 3.8) is 0 Å². The minimum absolute atomic E-state index is 0.503. The maximum absolute atomic E-state index is 6.29. The number of nitrogens with one attached hydrogen (secondary N) is 1. The minimum Gasteiger partial charge on any atom is -0.316 e. The fourth-order valence-electron chi connectivity index (χ4n) is 2.46. The normalized spacial score (nSPS) is 22.0. The second kappa shape index (κ2) is 5.63. The van der Waals surface area contributed by atoms with Gasteiger partial charge in [0.15, 0.2) is 0 Å². The summed E-state index contributed by atoms with van der Waals surface area (Å²) in [6.07, 6.45) is 3.63. The molecule has 3 nitrogen and oxygen atoms in total. The maximum atomic E-state index is 6.29. The van der Waals surface area contributed by atoms with E-state index >= 15 is 0 Å². The van der Waals surface area contributed by atoms with Gasteiger partial charge in [-0.15, -0.1) is 0 Å². The van der Waals surface area contributed by atoms with Crippen molar-refractivity contribution in [3.8, 4) is 0 Å². The number of hydrogen-bond acceptors (Lipinski definition) is 3. The Bertz CT molecular complexity index is 385. The number of hydrogen-bond donors (Lipinski definition) is 1. The summed E-state index contributed by atoms with van der Waals surface area (Å²) in [6, 6.07) is 0.503. The number of aromatic nitrogens is 2. The van der Waals surface area contributed by atoms with Crippen LogP contribution in [0.4, 0.5) is 0 Å². The molecule has 1 aliphatic rings. The minimum atomic E-state index is 0.503. The lowest BCUT2D eigenvalue weighted by molar-refractivity contribution is 0.523. The fraction of sp³-hybridized carbons (Fsp3) is 0.750. The molecule has 1 N–H and O–H groups in total. The quantitative estimate of drug-likeness (QED) is 0.914. The van der Waals surface area contributed by atoms with Crippen molar-refractivity contribution in [2.24, 2.45) is 7.05 Å². The first kappa shape index (κ1) is 13.2. The monoisotopic (exact) mass is 273 g/mol. The Morgan fingerprint density at radius 3 is 2.88 bits per heavy atom. The van der Waals surface area contributed by atoms with Crippen LogP contribution in [0.25, 0.3) is 0 Å². The molecule has 17 heavy (non-hydrogen) atoms. The smallest absolute Gasteiger partial charge is 0.130 e. The highest BCUT2D eigenvalue weighted by Gasteiger charge is 2.26. The van der Waals surface area contributed by atoms with E-state index in [9.17, 15) is 0 Å². The average Bonchev–Trinajstić information content (AvgIpc) is 2.89. The van der Waals surface area contributed by atoms with Crippen molar-refractivity contribution < 1.29 is 0 Å². The molecule has 1 aromatic heterocycles.